The van der Waals surface area contributed by atoms with Crippen molar-refractivity contribution in [1.29, 1.82) is 0 Å². The van der Waals surface area contributed by atoms with Crippen LogP contribution in [-0.4, -0.2) is 29.8 Å². The van der Waals surface area contributed by atoms with Crippen LogP contribution in [0, 0.1) is 0 Å². The number of para-hydroxylation sites is 2. The van der Waals surface area contributed by atoms with Crippen LogP contribution in [0.3, 0.4) is 0 Å². The summed E-state index contributed by atoms with van der Waals surface area (Å²) >= 11 is 0. The molecular formula is C11H10N2O4. The Morgan fingerprint density at radius 2 is 2.18 bits per heavy atom. The number of anilines is 1. The molecule has 1 aromatic rings. The van der Waals surface area contributed by atoms with E-state index in [9.17, 15) is 9.59 Å². The summed E-state index contributed by atoms with van der Waals surface area (Å²) in [6, 6.07) is 6.80. The van der Waals surface area contributed by atoms with E-state index in [-0.39, 0.29) is 18.0 Å². The first-order valence-electron chi connectivity index (χ1n) is 4.90. The Labute approximate surface area is 97.1 Å². The summed E-state index contributed by atoms with van der Waals surface area (Å²) < 4.78 is 5.09. The van der Waals surface area contributed by atoms with E-state index >= 15 is 0 Å². The number of methoxy groups -OCH3 is 1. The minimum atomic E-state index is -1.18. The van der Waals surface area contributed by atoms with Crippen LogP contribution in [0.15, 0.2) is 29.4 Å². The van der Waals surface area contributed by atoms with Crippen LogP contribution in [0.5, 0.6) is 5.75 Å². The first-order chi connectivity index (χ1) is 8.13. The fourth-order valence-electron chi connectivity index (χ4n) is 1.54. The summed E-state index contributed by atoms with van der Waals surface area (Å²) in [5.74, 6) is -1.10. The van der Waals surface area contributed by atoms with Gasteiger partial charge in [0.05, 0.1) is 13.5 Å². The quantitative estimate of drug-likeness (QED) is 0.841. The number of amides is 1. The van der Waals surface area contributed by atoms with Gasteiger partial charge >= 0.3 is 5.97 Å². The fraction of sp³-hybridized carbons (Fsp3) is 0.182. The summed E-state index contributed by atoms with van der Waals surface area (Å²) in [6.45, 7) is 0. The van der Waals surface area contributed by atoms with Crippen molar-refractivity contribution in [3.8, 4) is 5.75 Å². The Morgan fingerprint density at radius 3 is 2.76 bits per heavy atom. The van der Waals surface area contributed by atoms with Gasteiger partial charge in [-0.25, -0.2) is 4.79 Å². The predicted octanol–water partition coefficient (Wildman–Crippen LogP) is 0.872. The maximum Gasteiger partial charge on any atom is 0.352 e. The largest absolute Gasteiger partial charge is 0.494 e. The molecule has 17 heavy (non-hydrogen) atoms. The lowest BCUT2D eigenvalue weighted by atomic mass is 10.2. The summed E-state index contributed by atoms with van der Waals surface area (Å²) in [5, 5.41) is 13.6. The summed E-state index contributed by atoms with van der Waals surface area (Å²) in [7, 11) is 1.47. The zero-order valence-corrected chi connectivity index (χ0v) is 9.08. The lowest BCUT2D eigenvalue weighted by Crippen LogP contribution is -2.20. The van der Waals surface area contributed by atoms with E-state index in [0.717, 1.165) is 5.01 Å². The molecule has 0 saturated heterocycles. The fourth-order valence-corrected chi connectivity index (χ4v) is 1.54. The lowest BCUT2D eigenvalue weighted by molar-refractivity contribution is -0.129. The van der Waals surface area contributed by atoms with Gasteiger partial charge in [0.2, 0.25) is 0 Å². The number of carboxylic acids is 1. The van der Waals surface area contributed by atoms with Crippen LogP contribution >= 0.6 is 0 Å². The highest BCUT2D eigenvalue weighted by atomic mass is 16.5. The van der Waals surface area contributed by atoms with Crippen molar-refractivity contribution in [3.05, 3.63) is 24.3 Å². The number of hydrogen-bond donors (Lipinski definition) is 1. The van der Waals surface area contributed by atoms with Crippen molar-refractivity contribution in [2.45, 2.75) is 6.42 Å². The zero-order valence-electron chi connectivity index (χ0n) is 9.08. The van der Waals surface area contributed by atoms with Gasteiger partial charge in [0.25, 0.3) is 5.91 Å². The first kappa shape index (κ1) is 11.1. The molecule has 0 spiro atoms. The molecule has 6 heteroatoms. The highest BCUT2D eigenvalue weighted by Gasteiger charge is 2.30. The average molecular weight is 234 g/mol. The number of benzene rings is 1. The monoisotopic (exact) mass is 234 g/mol. The van der Waals surface area contributed by atoms with Gasteiger partial charge in [-0.3, -0.25) is 4.79 Å². The molecular weight excluding hydrogens is 224 g/mol. The zero-order chi connectivity index (χ0) is 12.4. The van der Waals surface area contributed by atoms with E-state index in [4.69, 9.17) is 9.84 Å². The molecule has 0 fully saturated rings. The number of carbonyl (C=O) groups is 2. The van der Waals surface area contributed by atoms with Crippen molar-refractivity contribution >= 4 is 23.3 Å². The van der Waals surface area contributed by atoms with Crippen molar-refractivity contribution < 1.29 is 19.4 Å². The Balaban J connectivity index is 2.40. The molecule has 1 aromatic carbocycles. The second kappa shape index (κ2) is 4.25. The number of rotatable bonds is 3. The molecule has 0 aromatic heterocycles. The third-order valence-corrected chi connectivity index (χ3v) is 2.34. The van der Waals surface area contributed by atoms with Crippen LogP contribution in [0.4, 0.5) is 5.69 Å². The molecule has 6 nitrogen and oxygen atoms in total. The van der Waals surface area contributed by atoms with E-state index in [0.29, 0.717) is 11.4 Å². The Kier molecular flexibility index (Phi) is 2.78. The topological polar surface area (TPSA) is 79.2 Å². The number of hydrogen-bond acceptors (Lipinski definition) is 4. The van der Waals surface area contributed by atoms with Crippen LogP contribution in [0.2, 0.25) is 0 Å². The molecule has 0 bridgehead atoms. The van der Waals surface area contributed by atoms with Crippen molar-refractivity contribution in [2.75, 3.05) is 12.1 Å². The lowest BCUT2D eigenvalue weighted by Gasteiger charge is -2.14. The highest BCUT2D eigenvalue weighted by Crippen LogP contribution is 2.30. The molecule has 88 valence electrons. The number of ether oxygens (including phenoxy) is 1. The van der Waals surface area contributed by atoms with E-state index in [2.05, 4.69) is 5.10 Å². The molecule has 1 aliphatic rings. The van der Waals surface area contributed by atoms with Crippen LogP contribution in [-0.2, 0) is 9.59 Å². The minimum Gasteiger partial charge on any atom is -0.494 e. The van der Waals surface area contributed by atoms with Gasteiger partial charge in [0.15, 0.2) is 5.71 Å². The standard InChI is InChI=1S/C11H10N2O4/c1-17-9-5-3-2-4-8(9)13-10(14)6-7(12-13)11(15)16/h2-5H,6H2,1H3,(H,15,16). The van der Waals surface area contributed by atoms with Crippen molar-refractivity contribution in [1.82, 2.24) is 0 Å². The molecule has 0 atom stereocenters. The van der Waals surface area contributed by atoms with Gasteiger partial charge in [-0.1, -0.05) is 12.1 Å². The van der Waals surface area contributed by atoms with Crippen molar-refractivity contribution in [2.24, 2.45) is 5.10 Å². The molecule has 1 N–H and O–H groups in total. The third-order valence-electron chi connectivity index (χ3n) is 2.34. The average Bonchev–Trinajstić information content (AvgIpc) is 2.71. The molecule has 1 heterocycles. The van der Waals surface area contributed by atoms with E-state index in [1.165, 1.54) is 7.11 Å². The van der Waals surface area contributed by atoms with Gasteiger partial charge < -0.3 is 9.84 Å². The van der Waals surface area contributed by atoms with Crippen molar-refractivity contribution in [3.63, 3.8) is 0 Å². The third kappa shape index (κ3) is 1.96. The van der Waals surface area contributed by atoms with E-state index in [1.807, 2.05) is 0 Å². The van der Waals surface area contributed by atoms with Crippen LogP contribution < -0.4 is 9.75 Å². The molecule has 0 aliphatic carbocycles. The molecule has 1 amide bonds. The normalized spacial score (nSPS) is 14.8. The summed E-state index contributed by atoms with van der Waals surface area (Å²) in [5.41, 5.74) is 0.275. The van der Waals surface area contributed by atoms with Gasteiger partial charge in [-0.05, 0) is 12.1 Å². The molecule has 0 saturated carbocycles. The van der Waals surface area contributed by atoms with E-state index in [1.54, 1.807) is 24.3 Å². The second-order valence-corrected chi connectivity index (χ2v) is 3.41. The first-order valence-corrected chi connectivity index (χ1v) is 4.90. The number of nitrogens with zero attached hydrogens (tertiary/aromatic N) is 2. The summed E-state index contributed by atoms with van der Waals surface area (Å²) in [6.07, 6.45) is -0.201. The van der Waals surface area contributed by atoms with Crippen LogP contribution in [0.1, 0.15) is 6.42 Å². The SMILES string of the molecule is COc1ccccc1N1N=C(C(=O)O)CC1=O. The molecule has 0 radical (unpaired) electrons. The van der Waals surface area contributed by atoms with E-state index < -0.39 is 5.97 Å². The Morgan fingerprint density at radius 1 is 1.47 bits per heavy atom. The maximum absolute atomic E-state index is 11.7. The van der Waals surface area contributed by atoms with Gasteiger partial charge in [-0.15, -0.1) is 0 Å². The smallest absolute Gasteiger partial charge is 0.352 e. The molecule has 0 unspecified atom stereocenters. The number of hydrazone groups is 1. The predicted molar refractivity (Wildman–Crippen MR) is 60.2 cm³/mol. The molecule has 2 rings (SSSR count). The Hall–Kier alpha value is -2.37. The summed E-state index contributed by atoms with van der Waals surface area (Å²) in [4.78, 5) is 22.4. The molecule has 1 aliphatic heterocycles. The Bertz CT molecular complexity index is 510. The number of aliphatic carboxylic acids is 1. The van der Waals surface area contributed by atoms with Gasteiger partial charge in [-0.2, -0.15) is 10.1 Å². The van der Waals surface area contributed by atoms with Gasteiger partial charge in [0, 0.05) is 0 Å². The number of carbonyl (C=O) groups excluding carboxylic acids is 1. The minimum absolute atomic E-state index is 0.166. The second-order valence-electron chi connectivity index (χ2n) is 3.41. The highest BCUT2D eigenvalue weighted by molar-refractivity contribution is 6.42. The maximum atomic E-state index is 11.7. The van der Waals surface area contributed by atoms with Gasteiger partial charge in [0.1, 0.15) is 11.4 Å². The van der Waals surface area contributed by atoms with Crippen LogP contribution in [0.25, 0.3) is 0 Å². The number of carboxylic acid groups (broad SMARTS) is 1.